The van der Waals surface area contributed by atoms with Gasteiger partial charge in [-0.3, -0.25) is 9.69 Å². The first-order chi connectivity index (χ1) is 9.65. The fourth-order valence-electron chi connectivity index (χ4n) is 3.15. The van der Waals surface area contributed by atoms with E-state index in [9.17, 15) is 4.79 Å². The van der Waals surface area contributed by atoms with E-state index in [0.29, 0.717) is 6.04 Å². The quantitative estimate of drug-likeness (QED) is 0.651. The zero-order valence-electron chi connectivity index (χ0n) is 14.8. The number of nitrogens with one attached hydrogen (secondary N) is 1. The Labute approximate surface area is 130 Å². The minimum atomic E-state index is -0.626. The van der Waals surface area contributed by atoms with Crippen molar-refractivity contribution < 1.29 is 4.79 Å². The van der Waals surface area contributed by atoms with Crippen LogP contribution in [0.15, 0.2) is 0 Å². The van der Waals surface area contributed by atoms with E-state index in [1.165, 1.54) is 19.3 Å². The summed E-state index contributed by atoms with van der Waals surface area (Å²) in [5.41, 5.74) is 5.04. The van der Waals surface area contributed by atoms with Gasteiger partial charge in [0.05, 0.1) is 5.54 Å². The van der Waals surface area contributed by atoms with Crippen LogP contribution in [-0.2, 0) is 4.79 Å². The molecule has 4 heteroatoms. The van der Waals surface area contributed by atoms with E-state index in [-0.39, 0.29) is 11.9 Å². The molecule has 1 saturated carbocycles. The standard InChI is InChI=1S/C17H35N3O/c1-12(2)9-10-20(15-7-8-15)14(5)11-17(6,16(18)21)19-13(3)4/h12-15,19H,7-11H2,1-6H3,(H2,18,21). The Bertz CT molecular complexity index is 339. The van der Waals surface area contributed by atoms with E-state index in [1.54, 1.807) is 0 Å². The highest BCUT2D eigenvalue weighted by atomic mass is 16.1. The highest BCUT2D eigenvalue weighted by molar-refractivity contribution is 5.84. The van der Waals surface area contributed by atoms with Crippen molar-refractivity contribution in [2.24, 2.45) is 11.7 Å². The molecule has 21 heavy (non-hydrogen) atoms. The number of primary amides is 1. The molecule has 0 spiro atoms. The van der Waals surface area contributed by atoms with Crippen molar-refractivity contribution >= 4 is 5.91 Å². The van der Waals surface area contributed by atoms with Gasteiger partial charge in [0.25, 0.3) is 0 Å². The van der Waals surface area contributed by atoms with Crippen LogP contribution in [0.3, 0.4) is 0 Å². The Balaban J connectivity index is 2.68. The normalized spacial score (nSPS) is 20.0. The zero-order valence-corrected chi connectivity index (χ0v) is 14.8. The number of rotatable bonds is 10. The molecule has 1 amide bonds. The molecular weight excluding hydrogens is 262 g/mol. The summed E-state index contributed by atoms with van der Waals surface area (Å²) in [5, 5.41) is 3.36. The van der Waals surface area contributed by atoms with Gasteiger partial charge in [-0.15, -0.1) is 0 Å². The van der Waals surface area contributed by atoms with Crippen LogP contribution in [0, 0.1) is 5.92 Å². The first kappa shape index (κ1) is 18.4. The molecule has 0 aromatic rings. The summed E-state index contributed by atoms with van der Waals surface area (Å²) in [7, 11) is 0. The van der Waals surface area contributed by atoms with Crippen molar-refractivity contribution in [1.82, 2.24) is 10.2 Å². The number of nitrogens with zero attached hydrogens (tertiary/aromatic N) is 1. The predicted molar refractivity (Wildman–Crippen MR) is 89.1 cm³/mol. The van der Waals surface area contributed by atoms with Crippen LogP contribution in [0.1, 0.15) is 67.2 Å². The fourth-order valence-corrected chi connectivity index (χ4v) is 3.15. The molecule has 1 fully saturated rings. The summed E-state index contributed by atoms with van der Waals surface area (Å²) in [6.45, 7) is 14.0. The van der Waals surface area contributed by atoms with Crippen LogP contribution < -0.4 is 11.1 Å². The van der Waals surface area contributed by atoms with Crippen molar-refractivity contribution in [3.05, 3.63) is 0 Å². The monoisotopic (exact) mass is 297 g/mol. The number of hydrogen-bond donors (Lipinski definition) is 2. The highest BCUT2D eigenvalue weighted by Crippen LogP contribution is 2.31. The van der Waals surface area contributed by atoms with Crippen molar-refractivity contribution in [1.29, 1.82) is 0 Å². The summed E-state index contributed by atoms with van der Waals surface area (Å²) in [6, 6.07) is 1.34. The van der Waals surface area contributed by atoms with E-state index < -0.39 is 5.54 Å². The Morgan fingerprint density at radius 3 is 2.24 bits per heavy atom. The van der Waals surface area contributed by atoms with Crippen LogP contribution in [0.25, 0.3) is 0 Å². The molecule has 0 aromatic carbocycles. The topological polar surface area (TPSA) is 58.4 Å². The predicted octanol–water partition coefficient (Wildman–Crippen LogP) is 2.52. The van der Waals surface area contributed by atoms with Crippen molar-refractivity contribution in [2.75, 3.05) is 6.54 Å². The Morgan fingerprint density at radius 2 is 1.86 bits per heavy atom. The van der Waals surface area contributed by atoms with Gasteiger partial charge in [0.15, 0.2) is 0 Å². The SMILES string of the molecule is CC(C)CCN(C(C)CC(C)(NC(C)C)C(N)=O)C1CC1. The zero-order chi connectivity index (χ0) is 16.2. The van der Waals surface area contributed by atoms with Crippen LogP contribution in [0.2, 0.25) is 0 Å². The van der Waals surface area contributed by atoms with Crippen molar-refractivity contribution in [3.63, 3.8) is 0 Å². The maximum absolute atomic E-state index is 11.9. The highest BCUT2D eigenvalue weighted by Gasteiger charge is 2.38. The van der Waals surface area contributed by atoms with Gasteiger partial charge in [-0.2, -0.15) is 0 Å². The molecule has 4 nitrogen and oxygen atoms in total. The maximum atomic E-state index is 11.9. The molecule has 0 heterocycles. The summed E-state index contributed by atoms with van der Waals surface area (Å²) in [6.07, 6.45) is 4.58. The van der Waals surface area contributed by atoms with Gasteiger partial charge in [0.1, 0.15) is 0 Å². The summed E-state index contributed by atoms with van der Waals surface area (Å²) < 4.78 is 0. The first-order valence-electron chi connectivity index (χ1n) is 8.49. The lowest BCUT2D eigenvalue weighted by Gasteiger charge is -2.37. The number of nitrogens with two attached hydrogens (primary N) is 1. The molecule has 0 bridgehead atoms. The molecule has 1 rings (SSSR count). The Kier molecular flexibility index (Phi) is 6.67. The van der Waals surface area contributed by atoms with E-state index in [1.807, 2.05) is 6.92 Å². The van der Waals surface area contributed by atoms with Crippen LogP contribution in [0.5, 0.6) is 0 Å². The van der Waals surface area contributed by atoms with Gasteiger partial charge in [-0.1, -0.05) is 13.8 Å². The lowest BCUT2D eigenvalue weighted by Crippen LogP contribution is -2.58. The third kappa shape index (κ3) is 5.95. The largest absolute Gasteiger partial charge is 0.368 e. The smallest absolute Gasteiger partial charge is 0.237 e. The average molecular weight is 297 g/mol. The molecule has 2 atom stereocenters. The van der Waals surface area contributed by atoms with Gasteiger partial charge < -0.3 is 11.1 Å². The average Bonchev–Trinajstić information content (AvgIpc) is 3.11. The van der Waals surface area contributed by atoms with Crippen LogP contribution in [0.4, 0.5) is 0 Å². The molecule has 0 saturated heterocycles. The van der Waals surface area contributed by atoms with Crippen LogP contribution in [-0.4, -0.2) is 41.0 Å². The molecule has 3 N–H and O–H groups in total. The van der Waals surface area contributed by atoms with Gasteiger partial charge in [0, 0.05) is 18.1 Å². The second kappa shape index (κ2) is 7.59. The molecule has 124 valence electrons. The van der Waals surface area contributed by atoms with Crippen LogP contribution >= 0.6 is 0 Å². The second-order valence-corrected chi connectivity index (χ2v) is 7.70. The number of carbonyl (C=O) groups is 1. The van der Waals surface area contributed by atoms with Gasteiger partial charge >= 0.3 is 0 Å². The minimum absolute atomic E-state index is 0.248. The molecule has 0 radical (unpaired) electrons. The third-order valence-corrected chi connectivity index (χ3v) is 4.40. The third-order valence-electron chi connectivity index (χ3n) is 4.40. The van der Waals surface area contributed by atoms with Gasteiger partial charge in [-0.25, -0.2) is 0 Å². The molecular formula is C17H35N3O. The minimum Gasteiger partial charge on any atom is -0.368 e. The lowest BCUT2D eigenvalue weighted by molar-refractivity contribution is -0.125. The Hall–Kier alpha value is -0.610. The van der Waals surface area contributed by atoms with E-state index in [4.69, 9.17) is 5.73 Å². The van der Waals surface area contributed by atoms with E-state index >= 15 is 0 Å². The Morgan fingerprint density at radius 1 is 1.29 bits per heavy atom. The molecule has 0 aromatic heterocycles. The maximum Gasteiger partial charge on any atom is 0.237 e. The first-order valence-corrected chi connectivity index (χ1v) is 8.49. The summed E-state index contributed by atoms with van der Waals surface area (Å²) in [4.78, 5) is 14.5. The number of hydrogen-bond acceptors (Lipinski definition) is 3. The number of amides is 1. The van der Waals surface area contributed by atoms with E-state index in [2.05, 4.69) is 44.8 Å². The van der Waals surface area contributed by atoms with Gasteiger partial charge in [0.2, 0.25) is 5.91 Å². The second-order valence-electron chi connectivity index (χ2n) is 7.70. The summed E-state index contributed by atoms with van der Waals surface area (Å²) in [5.74, 6) is 0.470. The van der Waals surface area contributed by atoms with E-state index in [0.717, 1.165) is 24.9 Å². The lowest BCUT2D eigenvalue weighted by atomic mass is 9.91. The molecule has 2 unspecified atom stereocenters. The van der Waals surface area contributed by atoms with Crippen molar-refractivity contribution in [2.45, 2.75) is 90.9 Å². The number of carbonyl (C=O) groups excluding carboxylic acids is 1. The van der Waals surface area contributed by atoms with Gasteiger partial charge in [-0.05, 0) is 65.8 Å². The molecule has 1 aliphatic carbocycles. The molecule has 1 aliphatic rings. The summed E-state index contributed by atoms with van der Waals surface area (Å²) >= 11 is 0. The molecule has 0 aliphatic heterocycles. The fraction of sp³-hybridized carbons (Fsp3) is 0.941. The van der Waals surface area contributed by atoms with Crippen molar-refractivity contribution in [3.8, 4) is 0 Å².